The van der Waals surface area contributed by atoms with Crippen LogP contribution in [0.2, 0.25) is 10.0 Å². The zero-order valence-corrected chi connectivity index (χ0v) is 15.0. The van der Waals surface area contributed by atoms with Crippen LogP contribution in [0.3, 0.4) is 0 Å². The van der Waals surface area contributed by atoms with Crippen molar-refractivity contribution in [2.24, 2.45) is 5.92 Å². The molecule has 1 N–H and O–H groups in total. The van der Waals surface area contributed by atoms with E-state index in [9.17, 15) is 9.59 Å². The summed E-state index contributed by atoms with van der Waals surface area (Å²) in [6.45, 7) is 0.299. The molecule has 130 valence electrons. The van der Waals surface area contributed by atoms with Gasteiger partial charge in [0.1, 0.15) is 5.75 Å². The van der Waals surface area contributed by atoms with E-state index in [2.05, 4.69) is 5.32 Å². The summed E-state index contributed by atoms with van der Waals surface area (Å²) in [6, 6.07) is 12.0. The summed E-state index contributed by atoms with van der Waals surface area (Å²) >= 11 is 12.0. The van der Waals surface area contributed by atoms with Crippen molar-refractivity contribution in [1.29, 1.82) is 0 Å². The first-order valence-electron chi connectivity index (χ1n) is 7.68. The summed E-state index contributed by atoms with van der Waals surface area (Å²) in [5, 5.41) is 3.82. The van der Waals surface area contributed by atoms with Crippen molar-refractivity contribution in [3.05, 3.63) is 52.5 Å². The fourth-order valence-corrected chi connectivity index (χ4v) is 3.15. The number of hydrogen-bond acceptors (Lipinski definition) is 3. The van der Waals surface area contributed by atoms with Gasteiger partial charge in [0.05, 0.1) is 18.7 Å². The van der Waals surface area contributed by atoms with Gasteiger partial charge in [-0.25, -0.2) is 0 Å². The minimum absolute atomic E-state index is 0.111. The number of methoxy groups -OCH3 is 1. The lowest BCUT2D eigenvalue weighted by molar-refractivity contribution is -0.122. The predicted molar refractivity (Wildman–Crippen MR) is 98.5 cm³/mol. The standard InChI is InChI=1S/C18H16Cl2N2O3/c1-25-16-6-5-13(20)9-15(16)21-18(24)11-7-17(23)22(10-11)14-4-2-3-12(19)8-14/h2-6,8-9,11H,7,10H2,1H3,(H,21,24). The van der Waals surface area contributed by atoms with E-state index >= 15 is 0 Å². The summed E-state index contributed by atoms with van der Waals surface area (Å²) in [6.07, 6.45) is 0.140. The second-order valence-corrected chi connectivity index (χ2v) is 6.59. The summed E-state index contributed by atoms with van der Waals surface area (Å²) in [4.78, 5) is 26.4. The van der Waals surface area contributed by atoms with Crippen LogP contribution in [0, 0.1) is 5.92 Å². The second-order valence-electron chi connectivity index (χ2n) is 5.72. The quantitative estimate of drug-likeness (QED) is 0.874. The van der Waals surface area contributed by atoms with Gasteiger partial charge in [0, 0.05) is 28.7 Å². The van der Waals surface area contributed by atoms with E-state index < -0.39 is 5.92 Å². The van der Waals surface area contributed by atoms with Gasteiger partial charge in [-0.2, -0.15) is 0 Å². The molecular formula is C18H16Cl2N2O3. The molecule has 1 saturated heterocycles. The summed E-state index contributed by atoms with van der Waals surface area (Å²) in [5.41, 5.74) is 1.17. The Hall–Kier alpha value is -2.24. The average molecular weight is 379 g/mol. The molecule has 0 spiro atoms. The Morgan fingerprint density at radius 2 is 1.96 bits per heavy atom. The van der Waals surface area contributed by atoms with Crippen LogP contribution in [0.1, 0.15) is 6.42 Å². The summed E-state index contributed by atoms with van der Waals surface area (Å²) < 4.78 is 5.22. The number of amides is 2. The van der Waals surface area contributed by atoms with E-state index in [4.69, 9.17) is 27.9 Å². The molecule has 5 nitrogen and oxygen atoms in total. The van der Waals surface area contributed by atoms with Crippen molar-refractivity contribution < 1.29 is 14.3 Å². The van der Waals surface area contributed by atoms with Crippen LogP contribution in [-0.2, 0) is 9.59 Å². The average Bonchev–Trinajstić information content (AvgIpc) is 2.97. The van der Waals surface area contributed by atoms with Crippen LogP contribution >= 0.6 is 23.2 Å². The third kappa shape index (κ3) is 3.89. The first-order valence-corrected chi connectivity index (χ1v) is 8.44. The van der Waals surface area contributed by atoms with Crippen molar-refractivity contribution in [2.75, 3.05) is 23.9 Å². The minimum atomic E-state index is -0.463. The highest BCUT2D eigenvalue weighted by molar-refractivity contribution is 6.31. The Kier molecular flexibility index (Phi) is 5.16. The molecule has 7 heteroatoms. The number of hydrogen-bond donors (Lipinski definition) is 1. The fraction of sp³-hybridized carbons (Fsp3) is 0.222. The van der Waals surface area contributed by atoms with Gasteiger partial charge < -0.3 is 15.0 Å². The van der Waals surface area contributed by atoms with Gasteiger partial charge in [-0.3, -0.25) is 9.59 Å². The van der Waals surface area contributed by atoms with Crippen molar-refractivity contribution in [3.63, 3.8) is 0 Å². The third-order valence-electron chi connectivity index (χ3n) is 4.04. The van der Waals surface area contributed by atoms with E-state index in [1.165, 1.54) is 7.11 Å². The van der Waals surface area contributed by atoms with E-state index in [0.717, 1.165) is 0 Å². The monoisotopic (exact) mass is 378 g/mol. The summed E-state index contributed by atoms with van der Waals surface area (Å²) in [7, 11) is 1.51. The molecule has 3 rings (SSSR count). The van der Waals surface area contributed by atoms with Gasteiger partial charge in [0.2, 0.25) is 11.8 Å². The fourth-order valence-electron chi connectivity index (χ4n) is 2.79. The molecule has 2 aromatic rings. The molecule has 1 aliphatic rings. The number of halogens is 2. The Morgan fingerprint density at radius 3 is 2.68 bits per heavy atom. The Balaban J connectivity index is 1.74. The molecule has 1 fully saturated rings. The molecule has 0 aromatic heterocycles. The lowest BCUT2D eigenvalue weighted by Crippen LogP contribution is -2.28. The first-order chi connectivity index (χ1) is 12.0. The normalized spacial score (nSPS) is 16.8. The maximum Gasteiger partial charge on any atom is 0.229 e. The molecule has 2 amide bonds. The van der Waals surface area contributed by atoms with Crippen LogP contribution in [0.15, 0.2) is 42.5 Å². The summed E-state index contributed by atoms with van der Waals surface area (Å²) in [5.74, 6) is -0.317. The topological polar surface area (TPSA) is 58.6 Å². The van der Waals surface area contributed by atoms with Crippen LogP contribution in [0.25, 0.3) is 0 Å². The van der Waals surface area contributed by atoms with Gasteiger partial charge in [0.15, 0.2) is 0 Å². The van der Waals surface area contributed by atoms with Crippen molar-refractivity contribution in [3.8, 4) is 5.75 Å². The molecule has 0 saturated carbocycles. The third-order valence-corrected chi connectivity index (χ3v) is 4.51. The van der Waals surface area contributed by atoms with Crippen molar-refractivity contribution in [2.45, 2.75) is 6.42 Å². The van der Waals surface area contributed by atoms with Crippen LogP contribution in [-0.4, -0.2) is 25.5 Å². The Labute approximate surface area is 155 Å². The molecule has 25 heavy (non-hydrogen) atoms. The number of rotatable bonds is 4. The maximum absolute atomic E-state index is 12.6. The molecule has 2 aromatic carbocycles. The zero-order valence-electron chi connectivity index (χ0n) is 13.5. The van der Waals surface area contributed by atoms with E-state index in [-0.39, 0.29) is 18.2 Å². The molecule has 1 heterocycles. The molecule has 0 bridgehead atoms. The van der Waals surface area contributed by atoms with Gasteiger partial charge in [0.25, 0.3) is 0 Å². The van der Waals surface area contributed by atoms with Crippen LogP contribution in [0.4, 0.5) is 11.4 Å². The second kappa shape index (κ2) is 7.33. The van der Waals surface area contributed by atoms with E-state index in [1.807, 2.05) is 0 Å². The van der Waals surface area contributed by atoms with E-state index in [0.29, 0.717) is 33.7 Å². The van der Waals surface area contributed by atoms with Crippen molar-refractivity contribution in [1.82, 2.24) is 0 Å². The van der Waals surface area contributed by atoms with Gasteiger partial charge in [-0.05, 0) is 36.4 Å². The minimum Gasteiger partial charge on any atom is -0.495 e. The Morgan fingerprint density at radius 1 is 1.20 bits per heavy atom. The highest BCUT2D eigenvalue weighted by Crippen LogP contribution is 2.31. The number of nitrogens with one attached hydrogen (secondary N) is 1. The molecule has 1 unspecified atom stereocenters. The number of carbonyl (C=O) groups is 2. The molecule has 0 aliphatic carbocycles. The maximum atomic E-state index is 12.6. The van der Waals surface area contributed by atoms with Crippen LogP contribution < -0.4 is 15.0 Å². The predicted octanol–water partition coefficient (Wildman–Crippen LogP) is 3.99. The van der Waals surface area contributed by atoms with E-state index in [1.54, 1.807) is 47.4 Å². The number of nitrogens with zero attached hydrogens (tertiary/aromatic N) is 1. The highest BCUT2D eigenvalue weighted by atomic mass is 35.5. The molecule has 0 radical (unpaired) electrons. The lowest BCUT2D eigenvalue weighted by atomic mass is 10.1. The Bertz CT molecular complexity index is 826. The molecule has 1 atom stereocenters. The first kappa shape index (κ1) is 17.6. The number of benzene rings is 2. The highest BCUT2D eigenvalue weighted by Gasteiger charge is 2.35. The van der Waals surface area contributed by atoms with Gasteiger partial charge in [-0.1, -0.05) is 29.3 Å². The smallest absolute Gasteiger partial charge is 0.229 e. The van der Waals surface area contributed by atoms with Gasteiger partial charge in [-0.15, -0.1) is 0 Å². The lowest BCUT2D eigenvalue weighted by Gasteiger charge is -2.17. The van der Waals surface area contributed by atoms with Crippen LogP contribution in [0.5, 0.6) is 5.75 Å². The largest absolute Gasteiger partial charge is 0.495 e. The van der Waals surface area contributed by atoms with Gasteiger partial charge >= 0.3 is 0 Å². The SMILES string of the molecule is COc1ccc(Cl)cc1NC(=O)C1CC(=O)N(c2cccc(Cl)c2)C1. The molecular weight excluding hydrogens is 363 g/mol. The van der Waals surface area contributed by atoms with Crippen molar-refractivity contribution >= 4 is 46.4 Å². The number of ether oxygens (including phenoxy) is 1. The number of anilines is 2. The zero-order chi connectivity index (χ0) is 18.0. The number of carbonyl (C=O) groups excluding carboxylic acids is 2. The molecule has 1 aliphatic heterocycles.